The van der Waals surface area contributed by atoms with Gasteiger partial charge in [-0.25, -0.2) is 24.7 Å². The molecular weight excluding hydrogens is 557 g/mol. The first-order valence-electron chi connectivity index (χ1n) is 13.0. The van der Waals surface area contributed by atoms with Crippen molar-refractivity contribution >= 4 is 22.9 Å². The van der Waals surface area contributed by atoms with Crippen molar-refractivity contribution in [2.24, 2.45) is 0 Å². The van der Waals surface area contributed by atoms with Crippen LogP contribution in [0.2, 0.25) is 0 Å². The molecule has 16 heteroatoms. The summed E-state index contributed by atoms with van der Waals surface area (Å²) >= 11 is 0. The van der Waals surface area contributed by atoms with Crippen molar-refractivity contribution in [3.8, 4) is 17.3 Å². The summed E-state index contributed by atoms with van der Waals surface area (Å²) in [6.07, 6.45) is 3.44. The van der Waals surface area contributed by atoms with E-state index in [0.717, 1.165) is 22.7 Å². The molecule has 2 aliphatic rings. The Bertz CT molecular complexity index is 1710. The number of hydrogen-bond donors (Lipinski definition) is 2. The minimum Gasteiger partial charge on any atom is -0.477 e. The average molecular weight is 581 g/mol. The van der Waals surface area contributed by atoms with Crippen LogP contribution in [0, 0.1) is 11.3 Å². The summed E-state index contributed by atoms with van der Waals surface area (Å²) in [5.74, 6) is -4.15. The number of carbonyl (C=O) groups is 2. The first-order valence-corrected chi connectivity index (χ1v) is 13.0. The fourth-order valence-corrected chi connectivity index (χ4v) is 5.69. The number of nitriles is 1. The third-order valence-corrected chi connectivity index (χ3v) is 7.87. The lowest BCUT2D eigenvalue weighted by Gasteiger charge is -2.52. The van der Waals surface area contributed by atoms with E-state index in [1.54, 1.807) is 12.4 Å². The number of amides is 1. The summed E-state index contributed by atoms with van der Waals surface area (Å²) < 4.78 is 41.4. The fraction of sp³-hybridized carbons (Fsp3) is 0.385. The Balaban J connectivity index is 1.12. The Kier molecular flexibility index (Phi) is 6.61. The van der Waals surface area contributed by atoms with Gasteiger partial charge in [-0.15, -0.1) is 0 Å². The second-order valence-corrected chi connectivity index (χ2v) is 10.4. The number of halogens is 3. The van der Waals surface area contributed by atoms with Gasteiger partial charge in [0, 0.05) is 61.6 Å². The lowest BCUT2D eigenvalue weighted by molar-refractivity contribution is -0.145. The van der Waals surface area contributed by atoms with Gasteiger partial charge < -0.3 is 15.0 Å². The zero-order valence-electron chi connectivity index (χ0n) is 21.9. The average Bonchev–Trinajstić information content (AvgIpc) is 3.64. The Morgan fingerprint density at radius 2 is 1.88 bits per heavy atom. The second kappa shape index (κ2) is 10.2. The van der Waals surface area contributed by atoms with Crippen LogP contribution >= 0.6 is 0 Å². The van der Waals surface area contributed by atoms with E-state index in [4.69, 9.17) is 5.11 Å². The van der Waals surface area contributed by atoms with Crippen LogP contribution in [0.3, 0.4) is 0 Å². The molecule has 0 spiro atoms. The number of carbonyl (C=O) groups excluding carboxylic acids is 1. The number of piperazine rings is 1. The van der Waals surface area contributed by atoms with Crippen molar-refractivity contribution in [3.05, 3.63) is 54.3 Å². The molecule has 4 aromatic heterocycles. The van der Waals surface area contributed by atoms with Gasteiger partial charge in [-0.3, -0.25) is 14.4 Å². The Hall–Kier alpha value is -4.91. The normalized spacial score (nSPS) is 21.2. The fourth-order valence-electron chi connectivity index (χ4n) is 5.69. The molecule has 5 heterocycles. The molecule has 1 saturated heterocycles. The van der Waals surface area contributed by atoms with Crippen molar-refractivity contribution in [2.75, 3.05) is 26.2 Å². The van der Waals surface area contributed by atoms with Crippen molar-refractivity contribution in [2.45, 2.75) is 37.0 Å². The van der Waals surface area contributed by atoms with Gasteiger partial charge in [-0.1, -0.05) is 0 Å². The van der Waals surface area contributed by atoms with Crippen molar-refractivity contribution in [1.29, 1.82) is 5.26 Å². The van der Waals surface area contributed by atoms with Crippen LogP contribution in [-0.4, -0.2) is 93.7 Å². The van der Waals surface area contributed by atoms with Crippen molar-refractivity contribution < 1.29 is 27.9 Å². The molecule has 0 aromatic carbocycles. The number of nitrogens with zero attached hydrogens (tertiary/aromatic N) is 9. The molecule has 1 aliphatic carbocycles. The molecule has 2 fully saturated rings. The number of aromatic amines is 1. The van der Waals surface area contributed by atoms with Crippen molar-refractivity contribution in [3.63, 3.8) is 0 Å². The number of alkyl halides is 3. The molecule has 216 valence electrons. The molecule has 0 bridgehead atoms. The molecular formula is C26H23F3N10O3. The Morgan fingerprint density at radius 3 is 2.57 bits per heavy atom. The van der Waals surface area contributed by atoms with Gasteiger partial charge in [0.1, 0.15) is 17.7 Å². The van der Waals surface area contributed by atoms with Gasteiger partial charge >= 0.3 is 12.1 Å². The van der Waals surface area contributed by atoms with E-state index in [1.165, 1.54) is 11.2 Å². The summed E-state index contributed by atoms with van der Waals surface area (Å²) in [4.78, 5) is 45.8. The molecule has 2 N–H and O–H groups in total. The largest absolute Gasteiger partial charge is 0.477 e. The maximum absolute atomic E-state index is 13.2. The topological polar surface area (TPSA) is 170 Å². The number of hydrogen-bond acceptors (Lipinski definition) is 9. The summed E-state index contributed by atoms with van der Waals surface area (Å²) in [5.41, 5.74) is 0.231. The predicted molar refractivity (Wildman–Crippen MR) is 138 cm³/mol. The van der Waals surface area contributed by atoms with E-state index >= 15 is 0 Å². The van der Waals surface area contributed by atoms with E-state index in [-0.39, 0.29) is 25.6 Å². The number of aromatic carboxylic acids is 1. The number of carboxylic acids is 1. The van der Waals surface area contributed by atoms with Crippen LogP contribution in [0.25, 0.3) is 22.3 Å². The lowest BCUT2D eigenvalue weighted by atomic mass is 9.70. The highest BCUT2D eigenvalue weighted by Crippen LogP contribution is 2.45. The lowest BCUT2D eigenvalue weighted by Crippen LogP contribution is -2.60. The van der Waals surface area contributed by atoms with E-state index in [1.807, 2.05) is 16.9 Å². The van der Waals surface area contributed by atoms with Gasteiger partial charge in [0.05, 0.1) is 29.9 Å². The quantitative estimate of drug-likeness (QED) is 0.346. The van der Waals surface area contributed by atoms with Gasteiger partial charge in [-0.2, -0.15) is 23.5 Å². The third-order valence-electron chi connectivity index (χ3n) is 7.87. The van der Waals surface area contributed by atoms with Crippen LogP contribution in [-0.2, 0) is 11.7 Å². The molecule has 6 rings (SSSR count). The minimum absolute atomic E-state index is 0.119. The van der Waals surface area contributed by atoms with Crippen LogP contribution in [0.15, 0.2) is 37.1 Å². The van der Waals surface area contributed by atoms with Crippen LogP contribution < -0.4 is 0 Å². The van der Waals surface area contributed by atoms with E-state index in [2.05, 4.69) is 41.0 Å². The number of aromatic nitrogens is 7. The number of nitrogens with one attached hydrogen (secondary N) is 1. The first-order chi connectivity index (χ1) is 20.1. The maximum Gasteiger partial charge on any atom is 0.451 e. The highest BCUT2D eigenvalue weighted by Gasteiger charge is 2.49. The second-order valence-electron chi connectivity index (χ2n) is 10.4. The number of H-pyrrole nitrogens is 1. The number of rotatable bonds is 6. The Labute approximate surface area is 235 Å². The third kappa shape index (κ3) is 4.81. The molecule has 0 atom stereocenters. The summed E-state index contributed by atoms with van der Waals surface area (Å²) in [6, 6.07) is 5.05. The first kappa shape index (κ1) is 27.3. The van der Waals surface area contributed by atoms with E-state index < -0.39 is 40.8 Å². The number of fused-ring (bicyclic) bond motifs is 1. The highest BCUT2D eigenvalue weighted by molar-refractivity contribution is 5.95. The van der Waals surface area contributed by atoms with Gasteiger partial charge in [0.2, 0.25) is 5.82 Å². The Morgan fingerprint density at radius 1 is 1.14 bits per heavy atom. The molecule has 0 radical (unpaired) electrons. The molecule has 1 amide bonds. The molecule has 1 aliphatic heterocycles. The molecule has 4 aromatic rings. The zero-order valence-corrected chi connectivity index (χ0v) is 21.9. The molecule has 0 unspecified atom stereocenters. The minimum atomic E-state index is -5.00. The summed E-state index contributed by atoms with van der Waals surface area (Å²) in [6.45, 7) is 1.36. The van der Waals surface area contributed by atoms with Crippen molar-refractivity contribution in [1.82, 2.24) is 44.5 Å². The standard InChI is InChI=1S/C26H23F3N10O3/c27-26(28,29)24-35-18(9-19(36-24)23(41)42)22(40)38-7-5-37(6-8-38)16-10-25(11-16,2-3-30)39-13-15(12-34-39)20-17-1-4-31-21(17)33-14-32-20/h1,4,9,12-14,16H,2,5-8,10-11H2,(H,41,42)(H,31,32,33). The summed E-state index contributed by atoms with van der Waals surface area (Å²) in [5, 5.41) is 24.2. The van der Waals surface area contributed by atoms with Gasteiger partial charge in [0.15, 0.2) is 5.69 Å². The molecule has 1 saturated carbocycles. The highest BCUT2D eigenvalue weighted by atomic mass is 19.4. The monoisotopic (exact) mass is 580 g/mol. The maximum atomic E-state index is 13.2. The van der Waals surface area contributed by atoms with Gasteiger partial charge in [0.25, 0.3) is 5.91 Å². The smallest absolute Gasteiger partial charge is 0.451 e. The predicted octanol–water partition coefficient (Wildman–Crippen LogP) is 2.56. The summed E-state index contributed by atoms with van der Waals surface area (Å²) in [7, 11) is 0. The molecule has 13 nitrogen and oxygen atoms in total. The number of carboxylic acid groups (broad SMARTS) is 1. The van der Waals surface area contributed by atoms with Crippen LogP contribution in [0.4, 0.5) is 13.2 Å². The van der Waals surface area contributed by atoms with Gasteiger partial charge in [-0.05, 0) is 18.9 Å². The van der Waals surface area contributed by atoms with Crippen LogP contribution in [0.1, 0.15) is 46.1 Å². The van der Waals surface area contributed by atoms with Crippen LogP contribution in [0.5, 0.6) is 0 Å². The molecule has 42 heavy (non-hydrogen) atoms. The van der Waals surface area contributed by atoms with E-state index in [0.29, 0.717) is 31.6 Å². The van der Waals surface area contributed by atoms with E-state index in [9.17, 15) is 28.0 Å². The SMILES string of the molecule is N#CCC1(n2cc(-c3ncnc4[nH]ccc34)cn2)CC(N2CCN(C(=O)c3cc(C(=O)O)nc(C(F)(F)F)n3)CC2)C1. The zero-order chi connectivity index (χ0) is 29.6.